The summed E-state index contributed by atoms with van der Waals surface area (Å²) < 4.78 is 11.3. The van der Waals surface area contributed by atoms with Crippen molar-refractivity contribution in [1.29, 1.82) is 0 Å². The fourth-order valence-corrected chi connectivity index (χ4v) is 10.4. The van der Waals surface area contributed by atoms with Crippen molar-refractivity contribution in [3.05, 3.63) is 224 Å². The van der Waals surface area contributed by atoms with Crippen LogP contribution in [0.2, 0.25) is 0 Å². The van der Waals surface area contributed by atoms with E-state index < -0.39 is 0 Å². The van der Waals surface area contributed by atoms with Gasteiger partial charge in [0.2, 0.25) is 5.95 Å². The van der Waals surface area contributed by atoms with Gasteiger partial charge in [0.1, 0.15) is 11.2 Å². The van der Waals surface area contributed by atoms with Crippen LogP contribution >= 0.6 is 0 Å². The zero-order chi connectivity index (χ0) is 44.0. The van der Waals surface area contributed by atoms with Gasteiger partial charge in [0.05, 0.1) is 22.1 Å². The molecular formula is C61H37N5O. The molecule has 0 amide bonds. The summed E-state index contributed by atoms with van der Waals surface area (Å²) in [5.74, 6) is 1.82. The molecule has 6 nitrogen and oxygen atoms in total. The molecule has 0 fully saturated rings. The lowest BCUT2D eigenvalue weighted by Gasteiger charge is -2.13. The van der Waals surface area contributed by atoms with Crippen molar-refractivity contribution in [2.45, 2.75) is 0 Å². The van der Waals surface area contributed by atoms with Crippen LogP contribution in [0.15, 0.2) is 229 Å². The molecule has 0 unspecified atom stereocenters. The molecule has 67 heavy (non-hydrogen) atoms. The Bertz CT molecular complexity index is 4210. The van der Waals surface area contributed by atoms with Crippen molar-refractivity contribution in [3.63, 3.8) is 0 Å². The highest BCUT2D eigenvalue weighted by Crippen LogP contribution is 2.45. The second kappa shape index (κ2) is 14.7. The predicted molar refractivity (Wildman–Crippen MR) is 275 cm³/mol. The molecule has 14 rings (SSSR count). The van der Waals surface area contributed by atoms with Crippen molar-refractivity contribution in [1.82, 2.24) is 24.1 Å². The van der Waals surface area contributed by atoms with E-state index in [1.54, 1.807) is 0 Å². The Labute approximate surface area is 384 Å². The summed E-state index contributed by atoms with van der Waals surface area (Å²) in [5, 5.41) is 9.26. The molecule has 4 heterocycles. The van der Waals surface area contributed by atoms with Gasteiger partial charge in [0, 0.05) is 54.5 Å². The first-order valence-corrected chi connectivity index (χ1v) is 22.6. The van der Waals surface area contributed by atoms with E-state index in [0.29, 0.717) is 17.6 Å². The van der Waals surface area contributed by atoms with Crippen LogP contribution in [0.5, 0.6) is 0 Å². The van der Waals surface area contributed by atoms with Crippen LogP contribution in [0.4, 0.5) is 0 Å². The maximum Gasteiger partial charge on any atom is 0.238 e. The lowest BCUT2D eigenvalue weighted by molar-refractivity contribution is 0.669. The minimum atomic E-state index is 0.570. The lowest BCUT2D eigenvalue weighted by atomic mass is 9.92. The quantitative estimate of drug-likeness (QED) is 0.167. The smallest absolute Gasteiger partial charge is 0.238 e. The van der Waals surface area contributed by atoms with Crippen LogP contribution in [0.1, 0.15) is 0 Å². The molecule has 4 aromatic heterocycles. The zero-order valence-corrected chi connectivity index (χ0v) is 36.0. The van der Waals surface area contributed by atoms with Crippen LogP contribution in [-0.2, 0) is 0 Å². The van der Waals surface area contributed by atoms with Gasteiger partial charge in [-0.05, 0) is 88.3 Å². The molecule has 0 atom stereocenters. The van der Waals surface area contributed by atoms with Crippen molar-refractivity contribution in [2.24, 2.45) is 0 Å². The SMILES string of the molecule is c1ccc(-c2nc(-c3ccccc3)nc(-n3c4ccccc4c4cc(-c5ccc6oc7cccc(-c8cc9c%10ccccc%10n(-c%10ccccc%10)c9c9ccccc89)c7c6c5)ccc43)n2)cc1. The van der Waals surface area contributed by atoms with Crippen LogP contribution in [0.25, 0.3) is 133 Å². The number of fused-ring (bicyclic) bond motifs is 11. The van der Waals surface area contributed by atoms with E-state index in [9.17, 15) is 0 Å². The lowest BCUT2D eigenvalue weighted by Crippen LogP contribution is -2.06. The number of furan rings is 1. The summed E-state index contributed by atoms with van der Waals surface area (Å²) >= 11 is 0. The Hall–Kier alpha value is -9.13. The van der Waals surface area contributed by atoms with E-state index in [0.717, 1.165) is 77.2 Å². The summed E-state index contributed by atoms with van der Waals surface area (Å²) in [5.41, 5.74) is 13.7. The zero-order valence-electron chi connectivity index (χ0n) is 36.0. The Balaban J connectivity index is 0.955. The van der Waals surface area contributed by atoms with Crippen LogP contribution < -0.4 is 0 Å². The monoisotopic (exact) mass is 855 g/mol. The first-order valence-electron chi connectivity index (χ1n) is 22.6. The summed E-state index contributed by atoms with van der Waals surface area (Å²) in [6, 6.07) is 79.2. The van der Waals surface area contributed by atoms with Crippen LogP contribution in [0, 0.1) is 0 Å². The fourth-order valence-electron chi connectivity index (χ4n) is 10.4. The number of aromatic nitrogens is 5. The van der Waals surface area contributed by atoms with Gasteiger partial charge < -0.3 is 8.98 Å². The standard InChI is InChI=1S/C61H37N5O/c1-4-17-38(18-5-1)59-62-60(39-19-6-2-7-20-39)64-61(63-59)66-53-29-15-12-24-44(53)49-35-40(31-33-54(49)66)41-32-34-55-51(36-41)57-46(27-16-30-56(57)67-55)48-37-50-45-25-13-14-28-52(45)65(42-21-8-3-9-22-42)58(50)47-26-11-10-23-43(47)48/h1-37H. The van der Waals surface area contributed by atoms with Crippen molar-refractivity contribution in [3.8, 4) is 56.7 Å². The minimum Gasteiger partial charge on any atom is -0.456 e. The molecule has 0 N–H and O–H groups in total. The van der Waals surface area contributed by atoms with E-state index in [2.05, 4.69) is 173 Å². The van der Waals surface area contributed by atoms with E-state index in [-0.39, 0.29) is 0 Å². The van der Waals surface area contributed by atoms with Gasteiger partial charge >= 0.3 is 0 Å². The molecule has 0 saturated carbocycles. The van der Waals surface area contributed by atoms with Gasteiger partial charge in [-0.15, -0.1) is 0 Å². The van der Waals surface area contributed by atoms with Crippen molar-refractivity contribution < 1.29 is 4.42 Å². The summed E-state index contributed by atoms with van der Waals surface area (Å²) in [6.07, 6.45) is 0. The third-order valence-electron chi connectivity index (χ3n) is 13.4. The molecule has 0 spiro atoms. The van der Waals surface area contributed by atoms with Crippen LogP contribution in [0.3, 0.4) is 0 Å². The van der Waals surface area contributed by atoms with Crippen molar-refractivity contribution in [2.75, 3.05) is 0 Å². The minimum absolute atomic E-state index is 0.570. The Morgan fingerprint density at radius 3 is 1.57 bits per heavy atom. The molecule has 0 aliphatic carbocycles. The molecule has 312 valence electrons. The third kappa shape index (κ3) is 5.80. The Kier molecular flexibility index (Phi) is 8.18. The van der Waals surface area contributed by atoms with E-state index >= 15 is 0 Å². The van der Waals surface area contributed by atoms with Gasteiger partial charge in [0.25, 0.3) is 0 Å². The van der Waals surface area contributed by atoms with Gasteiger partial charge in [-0.2, -0.15) is 9.97 Å². The second-order valence-corrected chi connectivity index (χ2v) is 17.1. The van der Waals surface area contributed by atoms with E-state index in [4.69, 9.17) is 19.4 Å². The van der Waals surface area contributed by atoms with Gasteiger partial charge in [-0.1, -0.05) is 164 Å². The highest BCUT2D eigenvalue weighted by molar-refractivity contribution is 6.24. The predicted octanol–water partition coefficient (Wildman–Crippen LogP) is 15.8. The van der Waals surface area contributed by atoms with Gasteiger partial charge in [-0.3, -0.25) is 4.57 Å². The normalized spacial score (nSPS) is 11.9. The van der Waals surface area contributed by atoms with Crippen LogP contribution in [-0.4, -0.2) is 24.1 Å². The number of benzene rings is 10. The number of hydrogen-bond donors (Lipinski definition) is 0. The number of nitrogens with zero attached hydrogens (tertiary/aromatic N) is 5. The highest BCUT2D eigenvalue weighted by Gasteiger charge is 2.22. The third-order valence-corrected chi connectivity index (χ3v) is 13.4. The Morgan fingerprint density at radius 1 is 0.313 bits per heavy atom. The van der Waals surface area contributed by atoms with Gasteiger partial charge in [-0.25, -0.2) is 4.98 Å². The number of hydrogen-bond acceptors (Lipinski definition) is 4. The average Bonchev–Trinajstić information content (AvgIpc) is 4.06. The molecule has 0 aliphatic rings. The fraction of sp³-hybridized carbons (Fsp3) is 0. The first-order chi connectivity index (χ1) is 33.2. The van der Waals surface area contributed by atoms with Gasteiger partial charge in [0.15, 0.2) is 11.6 Å². The molecule has 0 radical (unpaired) electrons. The molecule has 0 saturated heterocycles. The first kappa shape index (κ1) is 37.3. The summed E-state index contributed by atoms with van der Waals surface area (Å²) in [4.78, 5) is 15.2. The number of para-hydroxylation sites is 3. The molecular weight excluding hydrogens is 819 g/mol. The molecule has 6 heteroatoms. The second-order valence-electron chi connectivity index (χ2n) is 17.1. The highest BCUT2D eigenvalue weighted by atomic mass is 16.3. The van der Waals surface area contributed by atoms with E-state index in [1.165, 1.54) is 38.1 Å². The maximum atomic E-state index is 6.67. The molecule has 10 aromatic carbocycles. The number of rotatable bonds is 6. The Morgan fingerprint density at radius 2 is 0.866 bits per heavy atom. The molecule has 0 aliphatic heterocycles. The van der Waals surface area contributed by atoms with Crippen molar-refractivity contribution >= 4 is 76.3 Å². The molecule has 14 aromatic rings. The molecule has 0 bridgehead atoms. The average molecular weight is 856 g/mol. The maximum absolute atomic E-state index is 6.67. The summed E-state index contributed by atoms with van der Waals surface area (Å²) in [7, 11) is 0. The van der Waals surface area contributed by atoms with E-state index in [1.807, 2.05) is 60.7 Å². The topological polar surface area (TPSA) is 61.7 Å². The summed E-state index contributed by atoms with van der Waals surface area (Å²) in [6.45, 7) is 0. The largest absolute Gasteiger partial charge is 0.456 e.